The maximum atomic E-state index is 13.4. The molecule has 2 aromatic rings. The smallest absolute Gasteiger partial charge is 0.284 e. The number of hydrogen-bond donors (Lipinski definition) is 0. The largest absolute Gasteiger partial charge is 0.286 e. The summed E-state index contributed by atoms with van der Waals surface area (Å²) in [4.78, 5) is 15.2. The molecule has 2 aliphatic rings. The van der Waals surface area contributed by atoms with Crippen LogP contribution in [0.4, 0.5) is 0 Å². The molecule has 1 aliphatic heterocycles. The van der Waals surface area contributed by atoms with Gasteiger partial charge >= 0.3 is 0 Å². The summed E-state index contributed by atoms with van der Waals surface area (Å²) in [6.07, 6.45) is 5.87. The van der Waals surface area contributed by atoms with Crippen molar-refractivity contribution in [3.8, 4) is 0 Å². The number of amidine groups is 1. The number of aryl methyl sites for hydroxylation is 1. The first-order valence-electron chi connectivity index (χ1n) is 10.5. The van der Waals surface area contributed by atoms with Crippen LogP contribution in [0.5, 0.6) is 0 Å². The Labute approximate surface area is 182 Å². The van der Waals surface area contributed by atoms with Gasteiger partial charge in [0.15, 0.2) is 5.17 Å². The zero-order valence-corrected chi connectivity index (χ0v) is 18.7. The minimum Gasteiger partial charge on any atom is -0.286 e. The number of nitrogens with zero attached hydrogens (tertiary/aromatic N) is 2. The van der Waals surface area contributed by atoms with Crippen LogP contribution in [0.25, 0.3) is 0 Å². The molecule has 1 saturated heterocycles. The lowest BCUT2D eigenvalue weighted by molar-refractivity contribution is -0.128. The minimum atomic E-state index is -3.90. The van der Waals surface area contributed by atoms with Gasteiger partial charge in [-0.1, -0.05) is 80.4 Å². The van der Waals surface area contributed by atoms with E-state index in [2.05, 4.69) is 4.40 Å². The number of rotatable bonds is 5. The van der Waals surface area contributed by atoms with Crippen molar-refractivity contribution in [2.24, 2.45) is 4.40 Å². The first-order valence-corrected chi connectivity index (χ1v) is 12.8. The number of thioether (sulfide) groups is 1. The molecule has 5 nitrogen and oxygen atoms in total. The molecule has 0 bridgehead atoms. The fourth-order valence-corrected chi connectivity index (χ4v) is 6.48. The Hall–Kier alpha value is -2.12. The molecule has 1 amide bonds. The molecule has 1 aliphatic carbocycles. The Balaban J connectivity index is 1.71. The van der Waals surface area contributed by atoms with Crippen molar-refractivity contribution >= 4 is 32.9 Å². The molecule has 30 heavy (non-hydrogen) atoms. The van der Waals surface area contributed by atoms with Gasteiger partial charge in [-0.25, -0.2) is 0 Å². The van der Waals surface area contributed by atoms with E-state index in [4.69, 9.17) is 0 Å². The molecule has 2 aromatic carbocycles. The molecule has 7 heteroatoms. The number of sulfonamides is 1. The lowest BCUT2D eigenvalue weighted by Gasteiger charge is -2.30. The van der Waals surface area contributed by atoms with Crippen molar-refractivity contribution in [2.45, 2.75) is 61.6 Å². The van der Waals surface area contributed by atoms with Crippen LogP contribution in [0.3, 0.4) is 0 Å². The standard InChI is InChI=1S/C23H26N2O3S2/c1-2-17-13-15-20(16-14-17)30(27,28)24-23-25(19-11-7-4-8-12-19)22(26)21(29-23)18-9-5-3-6-10-18/h3,5-6,9-10,13-16,19,21H,2,4,7-8,11-12H2,1H3. The monoisotopic (exact) mass is 442 g/mol. The van der Waals surface area contributed by atoms with Crippen molar-refractivity contribution in [3.05, 3.63) is 65.7 Å². The predicted molar refractivity (Wildman–Crippen MR) is 121 cm³/mol. The van der Waals surface area contributed by atoms with E-state index in [1.54, 1.807) is 17.0 Å². The fourth-order valence-electron chi connectivity index (χ4n) is 4.07. The Bertz CT molecular complexity index is 1030. The first kappa shape index (κ1) is 21.1. The summed E-state index contributed by atoms with van der Waals surface area (Å²) in [6, 6.07) is 16.4. The van der Waals surface area contributed by atoms with E-state index in [9.17, 15) is 13.2 Å². The summed E-state index contributed by atoms with van der Waals surface area (Å²) in [5.41, 5.74) is 1.95. The quantitative estimate of drug-likeness (QED) is 0.658. The molecular formula is C23H26N2O3S2. The zero-order valence-electron chi connectivity index (χ0n) is 17.0. The summed E-state index contributed by atoms with van der Waals surface area (Å²) in [5.74, 6) is -0.0617. The highest BCUT2D eigenvalue weighted by atomic mass is 32.2. The van der Waals surface area contributed by atoms with Gasteiger partial charge in [-0.2, -0.15) is 8.42 Å². The number of carbonyl (C=O) groups is 1. The summed E-state index contributed by atoms with van der Waals surface area (Å²) < 4.78 is 30.2. The van der Waals surface area contributed by atoms with E-state index in [0.29, 0.717) is 5.17 Å². The second-order valence-corrected chi connectivity index (χ2v) is 10.4. The molecule has 158 valence electrons. The number of amides is 1. The molecule has 0 spiro atoms. The van der Waals surface area contributed by atoms with Crippen molar-refractivity contribution < 1.29 is 13.2 Å². The zero-order chi connectivity index (χ0) is 21.1. The van der Waals surface area contributed by atoms with Gasteiger partial charge in [-0.15, -0.1) is 4.40 Å². The average Bonchev–Trinajstić information content (AvgIpc) is 3.10. The maximum Gasteiger partial charge on any atom is 0.284 e. The number of benzene rings is 2. The predicted octanol–water partition coefficient (Wildman–Crippen LogP) is 4.94. The lowest BCUT2D eigenvalue weighted by Crippen LogP contribution is -2.41. The Morgan fingerprint density at radius 1 is 1.00 bits per heavy atom. The highest BCUT2D eigenvalue weighted by molar-refractivity contribution is 8.15. The van der Waals surface area contributed by atoms with Crippen LogP contribution in [0, 0.1) is 0 Å². The fraction of sp³-hybridized carbons (Fsp3) is 0.391. The Morgan fingerprint density at radius 3 is 2.30 bits per heavy atom. The van der Waals surface area contributed by atoms with Gasteiger partial charge in [-0.05, 0) is 42.5 Å². The summed E-state index contributed by atoms with van der Waals surface area (Å²) >= 11 is 1.25. The molecule has 1 heterocycles. The second kappa shape index (κ2) is 8.94. The SMILES string of the molecule is CCc1ccc(S(=O)(=O)N=C2SC(c3ccccc3)C(=O)N2C2CCCCC2)cc1. The molecule has 2 fully saturated rings. The van der Waals surface area contributed by atoms with Crippen LogP contribution in [0.15, 0.2) is 63.9 Å². The van der Waals surface area contributed by atoms with Gasteiger partial charge in [0.25, 0.3) is 10.0 Å². The molecule has 0 radical (unpaired) electrons. The highest BCUT2D eigenvalue weighted by Gasteiger charge is 2.43. The van der Waals surface area contributed by atoms with Gasteiger partial charge in [0.05, 0.1) is 4.90 Å². The van der Waals surface area contributed by atoms with Crippen molar-refractivity contribution in [2.75, 3.05) is 0 Å². The Kier molecular flexibility index (Phi) is 6.29. The van der Waals surface area contributed by atoms with Crippen LogP contribution in [0.2, 0.25) is 0 Å². The topological polar surface area (TPSA) is 66.8 Å². The van der Waals surface area contributed by atoms with E-state index in [1.165, 1.54) is 11.8 Å². The molecular weight excluding hydrogens is 416 g/mol. The van der Waals surface area contributed by atoms with Crippen LogP contribution < -0.4 is 0 Å². The van der Waals surface area contributed by atoms with Crippen LogP contribution >= 0.6 is 11.8 Å². The van der Waals surface area contributed by atoms with Crippen LogP contribution in [-0.2, 0) is 21.2 Å². The molecule has 1 unspecified atom stereocenters. The van der Waals surface area contributed by atoms with Crippen LogP contribution in [0.1, 0.15) is 55.4 Å². The molecule has 4 rings (SSSR count). The van der Waals surface area contributed by atoms with E-state index in [1.807, 2.05) is 49.4 Å². The maximum absolute atomic E-state index is 13.4. The normalized spacial score (nSPS) is 22.0. The van der Waals surface area contributed by atoms with Crippen molar-refractivity contribution in [1.82, 2.24) is 4.90 Å². The van der Waals surface area contributed by atoms with Crippen molar-refractivity contribution in [3.63, 3.8) is 0 Å². The van der Waals surface area contributed by atoms with E-state index in [-0.39, 0.29) is 16.8 Å². The molecule has 1 atom stereocenters. The van der Waals surface area contributed by atoms with E-state index in [0.717, 1.165) is 49.7 Å². The van der Waals surface area contributed by atoms with E-state index < -0.39 is 15.3 Å². The van der Waals surface area contributed by atoms with E-state index >= 15 is 0 Å². The number of hydrogen-bond acceptors (Lipinski definition) is 4. The third-order valence-electron chi connectivity index (χ3n) is 5.76. The first-order chi connectivity index (χ1) is 14.5. The van der Waals surface area contributed by atoms with Gasteiger partial charge in [0, 0.05) is 6.04 Å². The van der Waals surface area contributed by atoms with Crippen molar-refractivity contribution in [1.29, 1.82) is 0 Å². The molecule has 1 saturated carbocycles. The summed E-state index contributed by atoms with van der Waals surface area (Å²) in [5, 5.41) is -0.148. The third-order valence-corrected chi connectivity index (χ3v) is 8.37. The van der Waals surface area contributed by atoms with Gasteiger partial charge in [-0.3, -0.25) is 9.69 Å². The van der Waals surface area contributed by atoms with Crippen LogP contribution in [-0.4, -0.2) is 30.4 Å². The summed E-state index contributed by atoms with van der Waals surface area (Å²) in [6.45, 7) is 2.02. The molecule has 0 aromatic heterocycles. The number of carbonyl (C=O) groups excluding carboxylic acids is 1. The molecule has 0 N–H and O–H groups in total. The van der Waals surface area contributed by atoms with Gasteiger partial charge < -0.3 is 0 Å². The lowest BCUT2D eigenvalue weighted by atomic mass is 9.94. The minimum absolute atomic E-state index is 0.0175. The Morgan fingerprint density at radius 2 is 1.67 bits per heavy atom. The third kappa shape index (κ3) is 4.32. The highest BCUT2D eigenvalue weighted by Crippen LogP contribution is 2.43. The average molecular weight is 443 g/mol. The second-order valence-electron chi connectivity index (χ2n) is 7.76. The van der Waals surface area contributed by atoms with Gasteiger partial charge in [0.2, 0.25) is 5.91 Å². The summed E-state index contributed by atoms with van der Waals surface area (Å²) in [7, 11) is -3.90. The van der Waals surface area contributed by atoms with Gasteiger partial charge in [0.1, 0.15) is 5.25 Å².